The van der Waals surface area contributed by atoms with E-state index < -0.39 is 30.2 Å². The molecule has 0 bridgehead atoms. The second-order valence-corrected chi connectivity index (χ2v) is 5.51. The number of rotatable bonds is 4. The smallest absolute Gasteiger partial charge is 0.229 e. The van der Waals surface area contributed by atoms with E-state index in [9.17, 15) is 9.18 Å². The molecule has 1 saturated carbocycles. The van der Waals surface area contributed by atoms with Gasteiger partial charge in [-0.2, -0.15) is 5.26 Å². The molecule has 1 aromatic carbocycles. The Balaban J connectivity index is 1.83. The lowest BCUT2D eigenvalue weighted by Crippen LogP contribution is -2.28. The van der Waals surface area contributed by atoms with Crippen LogP contribution in [0, 0.1) is 17.1 Å². The van der Waals surface area contributed by atoms with E-state index in [1.54, 1.807) is 12.1 Å². The minimum atomic E-state index is -0.677. The molecule has 2 fully saturated rings. The van der Waals surface area contributed by atoms with Gasteiger partial charge in [-0.15, -0.1) is 0 Å². The van der Waals surface area contributed by atoms with E-state index in [0.717, 1.165) is 0 Å². The van der Waals surface area contributed by atoms with E-state index in [-0.39, 0.29) is 5.91 Å². The molecule has 5 nitrogen and oxygen atoms in total. The van der Waals surface area contributed by atoms with Crippen LogP contribution >= 0.6 is 0 Å². The molecule has 0 spiro atoms. The lowest BCUT2D eigenvalue weighted by molar-refractivity contribution is -0.123. The minimum Gasteiger partial charge on any atom is -0.371 e. The van der Waals surface area contributed by atoms with Crippen molar-refractivity contribution in [1.82, 2.24) is 5.32 Å². The lowest BCUT2D eigenvalue weighted by Gasteiger charge is -2.12. The summed E-state index contributed by atoms with van der Waals surface area (Å²) in [6.07, 6.45) is 1.15. The summed E-state index contributed by atoms with van der Waals surface area (Å²) >= 11 is 0. The first-order valence-corrected chi connectivity index (χ1v) is 6.83. The van der Waals surface area contributed by atoms with Crippen molar-refractivity contribution in [3.05, 3.63) is 35.1 Å². The van der Waals surface area contributed by atoms with Crippen molar-refractivity contribution in [2.75, 3.05) is 6.79 Å². The molecule has 1 amide bonds. The Morgan fingerprint density at radius 2 is 2.29 bits per heavy atom. The molecular weight excluding hydrogens is 275 g/mol. The number of hydrogen-bond donors (Lipinski definition) is 2. The summed E-state index contributed by atoms with van der Waals surface area (Å²) in [5.74, 6) is -1.18. The van der Waals surface area contributed by atoms with Crippen LogP contribution in [0.4, 0.5) is 4.39 Å². The Bertz CT molecular complexity index is 622. The van der Waals surface area contributed by atoms with Crippen molar-refractivity contribution in [2.24, 2.45) is 0 Å². The molecule has 0 aromatic heterocycles. The first kappa shape index (κ1) is 14.0. The van der Waals surface area contributed by atoms with E-state index in [1.165, 1.54) is 6.07 Å². The number of nitrogens with one attached hydrogen (secondary N) is 1. The standard InChI is InChI=1S/C15H15FN2O3/c16-12-5-9(1-2-11(12)15(7-17)3-4-15)10-6-13(21-8-19)18-14(10)20/h1-2,5,10,13,19H,3-4,6,8H2,(H,18,20)/t10?,13-/m1/s1. The molecular formula is C15H15FN2O3. The van der Waals surface area contributed by atoms with Gasteiger partial charge in [-0.05, 0) is 24.5 Å². The van der Waals surface area contributed by atoms with Gasteiger partial charge in [-0.3, -0.25) is 4.79 Å². The molecule has 3 rings (SSSR count). The highest BCUT2D eigenvalue weighted by molar-refractivity contribution is 5.86. The quantitative estimate of drug-likeness (QED) is 0.818. The predicted molar refractivity (Wildman–Crippen MR) is 70.4 cm³/mol. The number of hydrogen-bond acceptors (Lipinski definition) is 4. The highest BCUT2D eigenvalue weighted by Crippen LogP contribution is 2.48. The largest absolute Gasteiger partial charge is 0.371 e. The van der Waals surface area contributed by atoms with Crippen molar-refractivity contribution >= 4 is 5.91 Å². The van der Waals surface area contributed by atoms with Gasteiger partial charge in [0, 0.05) is 12.0 Å². The maximum atomic E-state index is 14.2. The van der Waals surface area contributed by atoms with Gasteiger partial charge in [-0.1, -0.05) is 12.1 Å². The Morgan fingerprint density at radius 1 is 1.52 bits per heavy atom. The Morgan fingerprint density at radius 3 is 2.86 bits per heavy atom. The molecule has 2 atom stereocenters. The monoisotopic (exact) mass is 290 g/mol. The zero-order valence-electron chi connectivity index (χ0n) is 11.3. The number of halogens is 1. The van der Waals surface area contributed by atoms with Crippen LogP contribution in [0.25, 0.3) is 0 Å². The second kappa shape index (κ2) is 5.10. The van der Waals surface area contributed by atoms with Gasteiger partial charge in [0.1, 0.15) is 18.8 Å². The van der Waals surface area contributed by atoms with Gasteiger partial charge in [0.25, 0.3) is 0 Å². The van der Waals surface area contributed by atoms with Gasteiger partial charge in [0.2, 0.25) is 5.91 Å². The fraction of sp³-hybridized carbons (Fsp3) is 0.467. The number of nitriles is 1. The summed E-state index contributed by atoms with van der Waals surface area (Å²) in [5, 5.41) is 20.4. The fourth-order valence-electron chi connectivity index (χ4n) is 2.83. The molecule has 0 radical (unpaired) electrons. The van der Waals surface area contributed by atoms with Crippen molar-refractivity contribution in [3.63, 3.8) is 0 Å². The first-order valence-electron chi connectivity index (χ1n) is 6.83. The van der Waals surface area contributed by atoms with Crippen LogP contribution in [-0.4, -0.2) is 24.0 Å². The van der Waals surface area contributed by atoms with Gasteiger partial charge < -0.3 is 15.2 Å². The summed E-state index contributed by atoms with van der Waals surface area (Å²) in [7, 11) is 0. The molecule has 1 aromatic rings. The molecule has 2 aliphatic rings. The average molecular weight is 290 g/mol. The zero-order valence-corrected chi connectivity index (χ0v) is 11.3. The molecule has 1 heterocycles. The molecule has 2 N–H and O–H groups in total. The number of amides is 1. The molecule has 1 saturated heterocycles. The number of aliphatic hydroxyl groups excluding tert-OH is 1. The van der Waals surface area contributed by atoms with Gasteiger partial charge in [0.05, 0.1) is 17.4 Å². The lowest BCUT2D eigenvalue weighted by atomic mass is 9.91. The van der Waals surface area contributed by atoms with Crippen LogP contribution in [-0.2, 0) is 14.9 Å². The zero-order chi connectivity index (χ0) is 15.0. The topological polar surface area (TPSA) is 82.3 Å². The molecule has 1 unspecified atom stereocenters. The number of carbonyl (C=O) groups excluding carboxylic acids is 1. The van der Waals surface area contributed by atoms with Gasteiger partial charge in [0.15, 0.2) is 0 Å². The Kier molecular flexibility index (Phi) is 3.40. The van der Waals surface area contributed by atoms with Crippen LogP contribution in [0.3, 0.4) is 0 Å². The summed E-state index contributed by atoms with van der Waals surface area (Å²) in [6, 6.07) is 6.80. The Hall–Kier alpha value is -1.97. The number of carbonyl (C=O) groups is 1. The summed E-state index contributed by atoms with van der Waals surface area (Å²) < 4.78 is 19.2. The van der Waals surface area contributed by atoms with Crippen LogP contribution < -0.4 is 5.32 Å². The van der Waals surface area contributed by atoms with Crippen LogP contribution in [0.5, 0.6) is 0 Å². The third-order valence-electron chi connectivity index (χ3n) is 4.22. The van der Waals surface area contributed by atoms with E-state index in [4.69, 9.17) is 15.1 Å². The minimum absolute atomic E-state index is 0.248. The number of nitrogens with zero attached hydrogens (tertiary/aromatic N) is 1. The highest BCUT2D eigenvalue weighted by atomic mass is 19.1. The van der Waals surface area contributed by atoms with Gasteiger partial charge in [-0.25, -0.2) is 4.39 Å². The van der Waals surface area contributed by atoms with E-state index in [2.05, 4.69) is 11.4 Å². The van der Waals surface area contributed by atoms with E-state index >= 15 is 0 Å². The molecule has 21 heavy (non-hydrogen) atoms. The fourth-order valence-corrected chi connectivity index (χ4v) is 2.83. The SMILES string of the molecule is N#CC1(c2ccc(C3C[C@@H](OCO)NC3=O)cc2F)CC1. The van der Waals surface area contributed by atoms with E-state index in [1.807, 2.05) is 0 Å². The van der Waals surface area contributed by atoms with E-state index in [0.29, 0.717) is 30.4 Å². The van der Waals surface area contributed by atoms with Crippen LogP contribution in [0.2, 0.25) is 0 Å². The van der Waals surface area contributed by atoms with Crippen molar-refractivity contribution < 1.29 is 19.0 Å². The van der Waals surface area contributed by atoms with Crippen molar-refractivity contribution in [3.8, 4) is 6.07 Å². The molecule has 110 valence electrons. The normalized spacial score (nSPS) is 26.2. The van der Waals surface area contributed by atoms with Gasteiger partial charge >= 0.3 is 0 Å². The maximum Gasteiger partial charge on any atom is 0.229 e. The molecule has 6 heteroatoms. The first-order chi connectivity index (χ1) is 10.1. The van der Waals surface area contributed by atoms with Crippen LogP contribution in [0.15, 0.2) is 18.2 Å². The summed E-state index contributed by atoms with van der Waals surface area (Å²) in [5.41, 5.74) is 0.296. The third-order valence-corrected chi connectivity index (χ3v) is 4.22. The van der Waals surface area contributed by atoms with Crippen LogP contribution in [0.1, 0.15) is 36.3 Å². The average Bonchev–Trinajstić information content (AvgIpc) is 3.17. The Labute approximate surface area is 121 Å². The second-order valence-electron chi connectivity index (χ2n) is 5.51. The van der Waals surface area contributed by atoms with Crippen molar-refractivity contribution in [2.45, 2.75) is 36.8 Å². The third kappa shape index (κ3) is 2.39. The highest BCUT2D eigenvalue weighted by Gasteiger charge is 2.47. The number of ether oxygens (including phenoxy) is 1. The molecule has 1 aliphatic carbocycles. The predicted octanol–water partition coefficient (Wildman–Crippen LogP) is 1.28. The van der Waals surface area contributed by atoms with Crippen molar-refractivity contribution in [1.29, 1.82) is 5.26 Å². The summed E-state index contributed by atoms with van der Waals surface area (Å²) in [6.45, 7) is -0.477. The summed E-state index contributed by atoms with van der Waals surface area (Å²) in [4.78, 5) is 11.9. The maximum absolute atomic E-state index is 14.2. The molecule has 1 aliphatic heterocycles. The number of benzene rings is 1. The number of aliphatic hydroxyl groups is 1.